The molecular formula is C23H19N3O. The number of hydrogen-bond acceptors (Lipinski definition) is 2. The van der Waals surface area contributed by atoms with E-state index < -0.39 is 0 Å². The van der Waals surface area contributed by atoms with E-state index >= 15 is 0 Å². The molecule has 0 aliphatic carbocycles. The number of fused-ring (bicyclic) bond motifs is 1. The molecule has 0 saturated carbocycles. The fourth-order valence-corrected chi connectivity index (χ4v) is 3.14. The third-order valence-electron chi connectivity index (χ3n) is 4.42. The monoisotopic (exact) mass is 353 g/mol. The van der Waals surface area contributed by atoms with Crippen LogP contribution >= 0.6 is 0 Å². The minimum atomic E-state index is -0.272. The Morgan fingerprint density at radius 3 is 2.04 bits per heavy atom. The van der Waals surface area contributed by atoms with Crippen LogP contribution in [0.5, 0.6) is 0 Å². The number of carbonyl (C=O) groups is 1. The van der Waals surface area contributed by atoms with Crippen LogP contribution in [-0.2, 0) is 0 Å². The lowest BCUT2D eigenvalue weighted by atomic mass is 9.99. The first-order valence-corrected chi connectivity index (χ1v) is 8.82. The van der Waals surface area contributed by atoms with E-state index in [4.69, 9.17) is 0 Å². The molecule has 0 saturated heterocycles. The number of urea groups is 1. The van der Waals surface area contributed by atoms with Gasteiger partial charge in [0, 0.05) is 11.6 Å². The summed E-state index contributed by atoms with van der Waals surface area (Å²) in [4.78, 5) is 17.2. The average molecular weight is 353 g/mol. The number of nitrogens with one attached hydrogen (secondary N) is 2. The largest absolute Gasteiger partial charge is 0.327 e. The van der Waals surface area contributed by atoms with Crippen LogP contribution in [0.25, 0.3) is 10.9 Å². The first-order valence-electron chi connectivity index (χ1n) is 8.82. The highest BCUT2D eigenvalue weighted by atomic mass is 16.2. The number of nitrogens with zero attached hydrogens (tertiary/aromatic N) is 1. The zero-order valence-electron chi connectivity index (χ0n) is 14.7. The summed E-state index contributed by atoms with van der Waals surface area (Å²) in [6.07, 6.45) is 1.72. The Morgan fingerprint density at radius 1 is 0.741 bits per heavy atom. The first kappa shape index (κ1) is 16.8. The lowest BCUT2D eigenvalue weighted by Gasteiger charge is -2.20. The van der Waals surface area contributed by atoms with E-state index in [-0.39, 0.29) is 12.1 Å². The summed E-state index contributed by atoms with van der Waals surface area (Å²) < 4.78 is 0. The fourth-order valence-electron chi connectivity index (χ4n) is 3.14. The summed E-state index contributed by atoms with van der Waals surface area (Å²) in [6, 6.07) is 28.9. The van der Waals surface area contributed by atoms with E-state index in [0.717, 1.165) is 22.0 Å². The Morgan fingerprint density at radius 2 is 1.37 bits per heavy atom. The molecular weight excluding hydrogens is 334 g/mol. The van der Waals surface area contributed by atoms with Gasteiger partial charge in [0.15, 0.2) is 0 Å². The Kier molecular flexibility index (Phi) is 4.79. The molecule has 1 heterocycles. The molecule has 4 rings (SSSR count). The second kappa shape index (κ2) is 7.70. The molecule has 0 unspecified atom stereocenters. The Labute approximate surface area is 157 Å². The molecule has 2 amide bonds. The number of para-hydroxylation sites is 1. The van der Waals surface area contributed by atoms with Crippen molar-refractivity contribution in [2.24, 2.45) is 0 Å². The van der Waals surface area contributed by atoms with Gasteiger partial charge < -0.3 is 10.6 Å². The number of benzene rings is 3. The van der Waals surface area contributed by atoms with Crippen LogP contribution in [-0.4, -0.2) is 11.0 Å². The summed E-state index contributed by atoms with van der Waals surface area (Å²) >= 11 is 0. The van der Waals surface area contributed by atoms with E-state index in [1.807, 2.05) is 91.0 Å². The topological polar surface area (TPSA) is 54.0 Å². The maximum absolute atomic E-state index is 12.8. The molecule has 1 aromatic heterocycles. The van der Waals surface area contributed by atoms with Crippen LogP contribution in [0.1, 0.15) is 17.2 Å². The quantitative estimate of drug-likeness (QED) is 0.533. The van der Waals surface area contributed by atoms with Crippen molar-refractivity contribution in [3.8, 4) is 0 Å². The van der Waals surface area contributed by atoms with Gasteiger partial charge in [0.05, 0.1) is 17.2 Å². The second-order valence-corrected chi connectivity index (χ2v) is 6.23. The zero-order chi connectivity index (χ0) is 18.5. The summed E-state index contributed by atoms with van der Waals surface area (Å²) in [5, 5.41) is 7.01. The van der Waals surface area contributed by atoms with Gasteiger partial charge in [-0.2, -0.15) is 0 Å². The maximum atomic E-state index is 12.8. The molecule has 2 N–H and O–H groups in total. The van der Waals surface area contributed by atoms with Crippen molar-refractivity contribution in [2.75, 3.05) is 5.32 Å². The lowest BCUT2D eigenvalue weighted by Crippen LogP contribution is -2.33. The third kappa shape index (κ3) is 3.80. The van der Waals surface area contributed by atoms with Gasteiger partial charge in [0.25, 0.3) is 0 Å². The van der Waals surface area contributed by atoms with Crippen molar-refractivity contribution >= 4 is 22.6 Å². The van der Waals surface area contributed by atoms with Gasteiger partial charge >= 0.3 is 6.03 Å². The highest BCUT2D eigenvalue weighted by molar-refractivity contribution is 5.99. The Hall–Kier alpha value is -3.66. The predicted molar refractivity (Wildman–Crippen MR) is 109 cm³/mol. The van der Waals surface area contributed by atoms with Gasteiger partial charge in [-0.3, -0.25) is 4.98 Å². The SMILES string of the molecule is O=C(Nc1cccc2cccnc12)NC(c1ccccc1)c1ccccc1. The molecule has 0 atom stereocenters. The number of pyridine rings is 1. The van der Waals surface area contributed by atoms with E-state index in [1.54, 1.807) is 6.20 Å². The molecule has 0 fully saturated rings. The highest BCUT2D eigenvalue weighted by Crippen LogP contribution is 2.23. The molecule has 27 heavy (non-hydrogen) atoms. The van der Waals surface area contributed by atoms with Crippen LogP contribution in [0.3, 0.4) is 0 Å². The van der Waals surface area contributed by atoms with Gasteiger partial charge in [-0.15, -0.1) is 0 Å². The third-order valence-corrected chi connectivity index (χ3v) is 4.42. The van der Waals surface area contributed by atoms with Crippen molar-refractivity contribution in [1.29, 1.82) is 0 Å². The minimum absolute atomic E-state index is 0.240. The maximum Gasteiger partial charge on any atom is 0.320 e. The number of rotatable bonds is 4. The molecule has 0 radical (unpaired) electrons. The predicted octanol–water partition coefficient (Wildman–Crippen LogP) is 5.15. The summed E-state index contributed by atoms with van der Waals surface area (Å²) in [5.41, 5.74) is 3.50. The standard InChI is InChI=1S/C23H19N3O/c27-23(25-20-15-7-13-19-14-8-16-24-22(19)20)26-21(17-9-3-1-4-10-17)18-11-5-2-6-12-18/h1-16,21H,(H2,25,26,27). The Balaban J connectivity index is 1.60. The van der Waals surface area contributed by atoms with E-state index in [1.165, 1.54) is 0 Å². The van der Waals surface area contributed by atoms with Crippen LogP contribution in [0.2, 0.25) is 0 Å². The van der Waals surface area contributed by atoms with Crippen LogP contribution in [0.15, 0.2) is 97.2 Å². The molecule has 0 bridgehead atoms. The van der Waals surface area contributed by atoms with Gasteiger partial charge in [-0.05, 0) is 23.3 Å². The number of aromatic nitrogens is 1. The zero-order valence-corrected chi connectivity index (χ0v) is 14.7. The fraction of sp³-hybridized carbons (Fsp3) is 0.0435. The van der Waals surface area contributed by atoms with Crippen LogP contribution in [0, 0.1) is 0 Å². The molecule has 0 spiro atoms. The second-order valence-electron chi connectivity index (χ2n) is 6.23. The molecule has 132 valence electrons. The molecule has 4 aromatic rings. The summed E-state index contributed by atoms with van der Waals surface area (Å²) in [6.45, 7) is 0. The van der Waals surface area contributed by atoms with E-state index in [0.29, 0.717) is 5.69 Å². The van der Waals surface area contributed by atoms with Gasteiger partial charge in [-0.1, -0.05) is 78.9 Å². The van der Waals surface area contributed by atoms with Crippen molar-refractivity contribution in [3.05, 3.63) is 108 Å². The molecule has 3 aromatic carbocycles. The Bertz CT molecular complexity index is 1000. The number of amides is 2. The lowest BCUT2D eigenvalue weighted by molar-refractivity contribution is 0.250. The van der Waals surface area contributed by atoms with Gasteiger partial charge in [0.2, 0.25) is 0 Å². The average Bonchev–Trinajstić information content (AvgIpc) is 2.73. The number of hydrogen-bond donors (Lipinski definition) is 2. The van der Waals surface area contributed by atoms with Crippen molar-refractivity contribution in [2.45, 2.75) is 6.04 Å². The van der Waals surface area contributed by atoms with Crippen molar-refractivity contribution in [3.63, 3.8) is 0 Å². The van der Waals surface area contributed by atoms with Crippen molar-refractivity contribution < 1.29 is 4.79 Å². The number of anilines is 1. The molecule has 4 heteroatoms. The molecule has 4 nitrogen and oxygen atoms in total. The van der Waals surface area contributed by atoms with Crippen molar-refractivity contribution in [1.82, 2.24) is 10.3 Å². The smallest absolute Gasteiger partial charge is 0.320 e. The first-order chi connectivity index (χ1) is 13.3. The summed E-state index contributed by atoms with van der Waals surface area (Å²) in [5.74, 6) is 0. The number of carbonyl (C=O) groups excluding carboxylic acids is 1. The summed E-state index contributed by atoms with van der Waals surface area (Å²) in [7, 11) is 0. The highest BCUT2D eigenvalue weighted by Gasteiger charge is 2.17. The van der Waals surface area contributed by atoms with Gasteiger partial charge in [0.1, 0.15) is 0 Å². The molecule has 0 aliphatic rings. The molecule has 0 aliphatic heterocycles. The van der Waals surface area contributed by atoms with E-state index in [2.05, 4.69) is 15.6 Å². The normalized spacial score (nSPS) is 10.7. The van der Waals surface area contributed by atoms with E-state index in [9.17, 15) is 4.79 Å². The van der Waals surface area contributed by atoms with Gasteiger partial charge in [-0.25, -0.2) is 4.79 Å². The minimum Gasteiger partial charge on any atom is -0.327 e. The van der Waals surface area contributed by atoms with Crippen LogP contribution < -0.4 is 10.6 Å². The van der Waals surface area contributed by atoms with Crippen LogP contribution in [0.4, 0.5) is 10.5 Å².